The molecule has 1 heterocycles. The zero-order chi connectivity index (χ0) is 10.1. The third-order valence-corrected chi connectivity index (χ3v) is 2.72. The van der Waals surface area contributed by atoms with Gasteiger partial charge in [-0.2, -0.15) is 0 Å². The van der Waals surface area contributed by atoms with Crippen molar-refractivity contribution in [2.75, 3.05) is 33.4 Å². The minimum atomic E-state index is 0.783. The molecule has 0 bridgehead atoms. The van der Waals surface area contributed by atoms with Gasteiger partial charge in [0.05, 0.1) is 6.61 Å². The Kier molecular flexibility index (Phi) is 6.61. The summed E-state index contributed by atoms with van der Waals surface area (Å²) < 4.78 is 4.93. The number of hydrogen-bond donors (Lipinski definition) is 2. The third-order valence-electron chi connectivity index (χ3n) is 1.84. The summed E-state index contributed by atoms with van der Waals surface area (Å²) >= 11 is 1.79. The first kappa shape index (κ1) is 11.7. The van der Waals surface area contributed by atoms with Crippen molar-refractivity contribution in [2.45, 2.75) is 6.54 Å². The van der Waals surface area contributed by atoms with Crippen molar-refractivity contribution in [3.05, 3.63) is 22.4 Å². The normalized spacial score (nSPS) is 10.6. The largest absolute Gasteiger partial charge is 0.383 e. The molecule has 0 aliphatic rings. The van der Waals surface area contributed by atoms with Crippen molar-refractivity contribution < 1.29 is 4.74 Å². The molecule has 0 amide bonds. The number of rotatable bonds is 8. The van der Waals surface area contributed by atoms with Gasteiger partial charge in [-0.25, -0.2) is 0 Å². The predicted molar refractivity (Wildman–Crippen MR) is 60.8 cm³/mol. The second-order valence-corrected chi connectivity index (χ2v) is 4.03. The fourth-order valence-corrected chi connectivity index (χ4v) is 1.78. The van der Waals surface area contributed by atoms with E-state index in [0.29, 0.717) is 0 Å². The molecule has 0 aliphatic heterocycles. The van der Waals surface area contributed by atoms with Crippen LogP contribution >= 0.6 is 11.3 Å². The van der Waals surface area contributed by atoms with Crippen LogP contribution in [0, 0.1) is 0 Å². The lowest BCUT2D eigenvalue weighted by molar-refractivity contribution is 0.199. The quantitative estimate of drug-likeness (QED) is 0.635. The van der Waals surface area contributed by atoms with E-state index in [-0.39, 0.29) is 0 Å². The van der Waals surface area contributed by atoms with E-state index in [4.69, 9.17) is 4.74 Å². The molecule has 0 saturated carbocycles. The minimum absolute atomic E-state index is 0.783. The lowest BCUT2D eigenvalue weighted by atomic mass is 10.4. The summed E-state index contributed by atoms with van der Waals surface area (Å²) in [6, 6.07) is 4.23. The monoisotopic (exact) mass is 214 g/mol. The first-order valence-electron chi connectivity index (χ1n) is 4.86. The molecular weight excluding hydrogens is 196 g/mol. The molecule has 0 fully saturated rings. The minimum Gasteiger partial charge on any atom is -0.383 e. The van der Waals surface area contributed by atoms with E-state index in [1.165, 1.54) is 4.88 Å². The smallest absolute Gasteiger partial charge is 0.0587 e. The fourth-order valence-electron chi connectivity index (χ4n) is 1.10. The summed E-state index contributed by atoms with van der Waals surface area (Å²) in [7, 11) is 1.72. The first-order valence-corrected chi connectivity index (χ1v) is 5.74. The molecule has 80 valence electrons. The van der Waals surface area contributed by atoms with Crippen molar-refractivity contribution in [3.8, 4) is 0 Å². The molecule has 1 aromatic rings. The molecule has 1 rings (SSSR count). The molecule has 0 atom stereocenters. The lowest BCUT2D eigenvalue weighted by Gasteiger charge is -2.04. The average Bonchev–Trinajstić information content (AvgIpc) is 2.69. The summed E-state index contributed by atoms with van der Waals surface area (Å²) in [5.41, 5.74) is 0. The summed E-state index contributed by atoms with van der Waals surface area (Å²) in [4.78, 5) is 1.39. The van der Waals surface area contributed by atoms with Crippen molar-refractivity contribution in [1.82, 2.24) is 10.6 Å². The van der Waals surface area contributed by atoms with Gasteiger partial charge in [0.15, 0.2) is 0 Å². The molecule has 2 N–H and O–H groups in total. The zero-order valence-corrected chi connectivity index (χ0v) is 9.40. The van der Waals surface area contributed by atoms with Crippen molar-refractivity contribution in [1.29, 1.82) is 0 Å². The second kappa shape index (κ2) is 7.94. The molecule has 0 aromatic carbocycles. The molecule has 1 aromatic heterocycles. The van der Waals surface area contributed by atoms with Crippen molar-refractivity contribution in [3.63, 3.8) is 0 Å². The van der Waals surface area contributed by atoms with Gasteiger partial charge >= 0.3 is 0 Å². The van der Waals surface area contributed by atoms with Crippen molar-refractivity contribution >= 4 is 11.3 Å². The van der Waals surface area contributed by atoms with E-state index in [0.717, 1.165) is 32.8 Å². The van der Waals surface area contributed by atoms with Crippen LogP contribution in [-0.4, -0.2) is 33.4 Å². The zero-order valence-electron chi connectivity index (χ0n) is 8.58. The SMILES string of the molecule is COCCNCCNCc1cccs1. The Morgan fingerprint density at radius 1 is 1.29 bits per heavy atom. The van der Waals surface area contributed by atoms with Gasteiger partial charge < -0.3 is 15.4 Å². The Morgan fingerprint density at radius 3 is 2.86 bits per heavy atom. The Balaban J connectivity index is 1.85. The Labute approximate surface area is 89.5 Å². The molecular formula is C10H18N2OS. The van der Waals surface area contributed by atoms with Gasteiger partial charge in [-0.1, -0.05) is 6.07 Å². The molecule has 3 nitrogen and oxygen atoms in total. The molecule has 0 unspecified atom stereocenters. The van der Waals surface area contributed by atoms with Gasteiger partial charge in [0, 0.05) is 38.2 Å². The maximum Gasteiger partial charge on any atom is 0.0587 e. The number of thiophene rings is 1. The van der Waals surface area contributed by atoms with Gasteiger partial charge in [0.25, 0.3) is 0 Å². The third kappa shape index (κ3) is 5.34. The molecule has 0 saturated heterocycles. The van der Waals surface area contributed by atoms with Crippen LogP contribution in [0.3, 0.4) is 0 Å². The standard InChI is InChI=1S/C10H18N2OS/c1-13-7-6-11-4-5-12-9-10-3-2-8-14-10/h2-3,8,11-12H,4-7,9H2,1H3. The summed E-state index contributed by atoms with van der Waals surface area (Å²) in [6.07, 6.45) is 0. The molecule has 0 spiro atoms. The lowest BCUT2D eigenvalue weighted by Crippen LogP contribution is -2.28. The van der Waals surface area contributed by atoms with E-state index in [1.54, 1.807) is 18.4 Å². The van der Waals surface area contributed by atoms with E-state index in [1.807, 2.05) is 0 Å². The Morgan fingerprint density at radius 2 is 2.14 bits per heavy atom. The van der Waals surface area contributed by atoms with Gasteiger partial charge in [0.1, 0.15) is 0 Å². The Hall–Kier alpha value is -0.420. The van der Waals surface area contributed by atoms with E-state index >= 15 is 0 Å². The van der Waals surface area contributed by atoms with Crippen LogP contribution in [0.15, 0.2) is 17.5 Å². The van der Waals surface area contributed by atoms with Crippen LogP contribution in [0.5, 0.6) is 0 Å². The Bertz CT molecular complexity index is 214. The van der Waals surface area contributed by atoms with Crippen LogP contribution in [0.2, 0.25) is 0 Å². The summed E-state index contributed by atoms with van der Waals surface area (Å²) in [5, 5.41) is 8.76. The van der Waals surface area contributed by atoms with Crippen LogP contribution < -0.4 is 10.6 Å². The van der Waals surface area contributed by atoms with Gasteiger partial charge in [-0.05, 0) is 11.4 Å². The highest BCUT2D eigenvalue weighted by Crippen LogP contribution is 2.06. The fraction of sp³-hybridized carbons (Fsp3) is 0.600. The first-order chi connectivity index (χ1) is 6.93. The highest BCUT2D eigenvalue weighted by molar-refractivity contribution is 7.09. The highest BCUT2D eigenvalue weighted by Gasteiger charge is 1.91. The predicted octanol–water partition coefficient (Wildman–Crippen LogP) is 1.07. The van der Waals surface area contributed by atoms with Crippen LogP contribution in [0.4, 0.5) is 0 Å². The average molecular weight is 214 g/mol. The number of ether oxygens (including phenoxy) is 1. The van der Waals surface area contributed by atoms with Gasteiger partial charge in [-0.15, -0.1) is 11.3 Å². The topological polar surface area (TPSA) is 33.3 Å². The molecule has 0 radical (unpaired) electrons. The summed E-state index contributed by atoms with van der Waals surface area (Å²) in [5.74, 6) is 0. The maximum absolute atomic E-state index is 4.93. The number of nitrogens with one attached hydrogen (secondary N) is 2. The maximum atomic E-state index is 4.93. The van der Waals surface area contributed by atoms with Crippen LogP contribution in [0.25, 0.3) is 0 Å². The van der Waals surface area contributed by atoms with Crippen LogP contribution in [0.1, 0.15) is 4.88 Å². The van der Waals surface area contributed by atoms with Gasteiger partial charge in [-0.3, -0.25) is 0 Å². The van der Waals surface area contributed by atoms with E-state index in [9.17, 15) is 0 Å². The molecule has 4 heteroatoms. The molecule has 0 aliphatic carbocycles. The second-order valence-electron chi connectivity index (χ2n) is 3.00. The number of methoxy groups -OCH3 is 1. The van der Waals surface area contributed by atoms with Gasteiger partial charge in [0.2, 0.25) is 0 Å². The van der Waals surface area contributed by atoms with E-state index < -0.39 is 0 Å². The van der Waals surface area contributed by atoms with E-state index in [2.05, 4.69) is 28.1 Å². The van der Waals surface area contributed by atoms with Crippen LogP contribution in [-0.2, 0) is 11.3 Å². The van der Waals surface area contributed by atoms with Crippen molar-refractivity contribution in [2.24, 2.45) is 0 Å². The summed E-state index contributed by atoms with van der Waals surface area (Å²) in [6.45, 7) is 4.68. The molecule has 14 heavy (non-hydrogen) atoms. The number of hydrogen-bond acceptors (Lipinski definition) is 4. The highest BCUT2D eigenvalue weighted by atomic mass is 32.1.